The van der Waals surface area contributed by atoms with Gasteiger partial charge in [-0.1, -0.05) is 18.2 Å². The highest BCUT2D eigenvalue weighted by Crippen LogP contribution is 2.29. The summed E-state index contributed by atoms with van der Waals surface area (Å²) in [6, 6.07) is 10.1. The largest absolute Gasteiger partial charge is 0.349 e. The van der Waals surface area contributed by atoms with Crippen molar-refractivity contribution in [2.45, 2.75) is 19.8 Å². The van der Waals surface area contributed by atoms with Crippen molar-refractivity contribution in [3.05, 3.63) is 30.3 Å². The Hall–Kier alpha value is -1.09. The third kappa shape index (κ3) is 3.20. The van der Waals surface area contributed by atoms with Crippen molar-refractivity contribution in [2.24, 2.45) is 5.92 Å². The van der Waals surface area contributed by atoms with E-state index in [0.717, 1.165) is 29.8 Å². The maximum absolute atomic E-state index is 5.42. The van der Waals surface area contributed by atoms with Crippen LogP contribution < -0.4 is 5.32 Å². The predicted molar refractivity (Wildman–Crippen MR) is 72.6 cm³/mol. The minimum Gasteiger partial charge on any atom is -0.349 e. The van der Waals surface area contributed by atoms with E-state index in [1.807, 2.05) is 30.3 Å². The molecule has 0 radical (unpaired) electrons. The lowest BCUT2D eigenvalue weighted by molar-refractivity contribution is 0.425. The summed E-state index contributed by atoms with van der Waals surface area (Å²) in [7, 11) is 0. The highest BCUT2D eigenvalue weighted by molar-refractivity contribution is 7.80. The zero-order valence-corrected chi connectivity index (χ0v) is 10.5. The number of para-hydroxylation sites is 1. The van der Waals surface area contributed by atoms with Crippen molar-refractivity contribution in [3.8, 4) is 0 Å². The van der Waals surface area contributed by atoms with Gasteiger partial charge in [0.25, 0.3) is 0 Å². The Morgan fingerprint density at radius 3 is 2.62 bits per heavy atom. The van der Waals surface area contributed by atoms with Crippen molar-refractivity contribution in [2.75, 3.05) is 18.4 Å². The summed E-state index contributed by atoms with van der Waals surface area (Å²) in [5, 5.41) is 4.13. The molecule has 0 bridgehead atoms. The van der Waals surface area contributed by atoms with Crippen LogP contribution in [0, 0.1) is 5.92 Å². The summed E-state index contributed by atoms with van der Waals surface area (Å²) >= 11 is 5.42. The number of anilines is 1. The molecule has 1 fully saturated rings. The number of thiocarbonyl (C=S) groups is 1. The third-order valence-electron chi connectivity index (χ3n) is 2.87. The van der Waals surface area contributed by atoms with E-state index in [1.54, 1.807) is 0 Å². The average Bonchev–Trinajstić information content (AvgIpc) is 3.11. The normalized spacial score (nSPS) is 14.6. The molecule has 16 heavy (non-hydrogen) atoms. The molecule has 0 aromatic heterocycles. The van der Waals surface area contributed by atoms with Crippen LogP contribution in [0.25, 0.3) is 0 Å². The molecule has 0 saturated heterocycles. The monoisotopic (exact) mass is 234 g/mol. The molecule has 1 N–H and O–H groups in total. The van der Waals surface area contributed by atoms with E-state index in [-0.39, 0.29) is 0 Å². The van der Waals surface area contributed by atoms with E-state index in [4.69, 9.17) is 12.2 Å². The molecule has 0 heterocycles. The van der Waals surface area contributed by atoms with E-state index in [0.29, 0.717) is 0 Å². The van der Waals surface area contributed by atoms with Crippen LogP contribution in [0.5, 0.6) is 0 Å². The maximum Gasteiger partial charge on any atom is 0.173 e. The van der Waals surface area contributed by atoms with Gasteiger partial charge in [-0.15, -0.1) is 0 Å². The van der Waals surface area contributed by atoms with Crippen molar-refractivity contribution < 1.29 is 0 Å². The van der Waals surface area contributed by atoms with Gasteiger partial charge in [0.15, 0.2) is 5.11 Å². The summed E-state index contributed by atoms with van der Waals surface area (Å²) in [5.74, 6) is 0.871. The lowest BCUT2D eigenvalue weighted by Gasteiger charge is -2.24. The molecule has 0 aliphatic heterocycles. The average molecular weight is 234 g/mol. The number of benzene rings is 1. The number of nitrogens with zero attached hydrogens (tertiary/aromatic N) is 1. The Morgan fingerprint density at radius 1 is 1.38 bits per heavy atom. The smallest absolute Gasteiger partial charge is 0.173 e. The number of hydrogen-bond acceptors (Lipinski definition) is 1. The zero-order valence-electron chi connectivity index (χ0n) is 9.65. The fraction of sp³-hybridized carbons (Fsp3) is 0.462. The SMILES string of the molecule is CCN(CC1CC1)C(=S)Nc1ccccc1. The standard InChI is InChI=1S/C13H18N2S/c1-2-15(10-11-8-9-11)13(16)14-12-6-4-3-5-7-12/h3-7,11H,2,8-10H2,1H3,(H,14,16). The van der Waals surface area contributed by atoms with Crippen LogP contribution in [-0.4, -0.2) is 23.1 Å². The molecule has 1 aliphatic rings. The van der Waals surface area contributed by atoms with Gasteiger partial charge in [0.1, 0.15) is 0 Å². The molecule has 0 unspecified atom stereocenters. The number of rotatable bonds is 4. The molecule has 86 valence electrons. The Labute approximate surface area is 103 Å². The third-order valence-corrected chi connectivity index (χ3v) is 3.23. The van der Waals surface area contributed by atoms with Crippen molar-refractivity contribution >= 4 is 23.0 Å². The summed E-state index contributed by atoms with van der Waals surface area (Å²) in [6.45, 7) is 4.24. The highest BCUT2D eigenvalue weighted by Gasteiger charge is 2.24. The van der Waals surface area contributed by atoms with Gasteiger partial charge in [-0.2, -0.15) is 0 Å². The Bertz CT molecular complexity index is 346. The van der Waals surface area contributed by atoms with E-state index in [9.17, 15) is 0 Å². The van der Waals surface area contributed by atoms with Crippen molar-refractivity contribution in [3.63, 3.8) is 0 Å². The first-order chi connectivity index (χ1) is 7.79. The molecule has 1 aliphatic carbocycles. The van der Waals surface area contributed by atoms with Gasteiger partial charge in [-0.3, -0.25) is 0 Å². The van der Waals surface area contributed by atoms with E-state index >= 15 is 0 Å². The number of nitrogens with one attached hydrogen (secondary N) is 1. The van der Waals surface area contributed by atoms with Crippen LogP contribution in [0.3, 0.4) is 0 Å². The summed E-state index contributed by atoms with van der Waals surface area (Å²) in [5.41, 5.74) is 1.07. The molecule has 1 aromatic carbocycles. The molecular weight excluding hydrogens is 216 g/mol. The van der Waals surface area contributed by atoms with Gasteiger partial charge in [0.05, 0.1) is 0 Å². The molecule has 0 amide bonds. The van der Waals surface area contributed by atoms with Gasteiger partial charge >= 0.3 is 0 Å². The van der Waals surface area contributed by atoms with E-state index < -0.39 is 0 Å². The Balaban J connectivity index is 1.89. The van der Waals surface area contributed by atoms with Crippen LogP contribution >= 0.6 is 12.2 Å². The minimum absolute atomic E-state index is 0.848. The zero-order chi connectivity index (χ0) is 11.4. The van der Waals surface area contributed by atoms with Gasteiger partial charge in [-0.25, -0.2) is 0 Å². The van der Waals surface area contributed by atoms with E-state index in [2.05, 4.69) is 17.1 Å². The molecule has 2 nitrogen and oxygen atoms in total. The van der Waals surface area contributed by atoms with Gasteiger partial charge in [-0.05, 0) is 50.0 Å². The second-order valence-corrected chi connectivity index (χ2v) is 4.66. The molecule has 3 heteroatoms. The molecule has 1 aromatic rings. The second kappa shape index (κ2) is 5.30. The lowest BCUT2D eigenvalue weighted by Crippen LogP contribution is -2.36. The van der Waals surface area contributed by atoms with Gasteiger partial charge in [0.2, 0.25) is 0 Å². The number of hydrogen-bond donors (Lipinski definition) is 1. The van der Waals surface area contributed by atoms with Gasteiger partial charge < -0.3 is 10.2 Å². The van der Waals surface area contributed by atoms with Crippen LogP contribution in [0.15, 0.2) is 30.3 Å². The van der Waals surface area contributed by atoms with Crippen molar-refractivity contribution in [1.82, 2.24) is 4.90 Å². The van der Waals surface area contributed by atoms with Gasteiger partial charge in [0, 0.05) is 18.8 Å². The Kier molecular flexibility index (Phi) is 3.78. The minimum atomic E-state index is 0.848. The van der Waals surface area contributed by atoms with Crippen molar-refractivity contribution in [1.29, 1.82) is 0 Å². The first-order valence-electron chi connectivity index (χ1n) is 5.90. The molecule has 1 saturated carbocycles. The highest BCUT2D eigenvalue weighted by atomic mass is 32.1. The summed E-state index contributed by atoms with van der Waals surface area (Å²) < 4.78 is 0. The fourth-order valence-electron chi connectivity index (χ4n) is 1.69. The summed E-state index contributed by atoms with van der Waals surface area (Å²) in [4.78, 5) is 2.25. The summed E-state index contributed by atoms with van der Waals surface area (Å²) in [6.07, 6.45) is 2.73. The maximum atomic E-state index is 5.42. The quantitative estimate of drug-likeness (QED) is 0.806. The first kappa shape index (κ1) is 11.4. The molecule has 0 atom stereocenters. The second-order valence-electron chi connectivity index (χ2n) is 4.28. The lowest BCUT2D eigenvalue weighted by atomic mass is 10.3. The molecular formula is C13H18N2S. The van der Waals surface area contributed by atoms with E-state index in [1.165, 1.54) is 12.8 Å². The first-order valence-corrected chi connectivity index (χ1v) is 6.31. The molecule has 0 spiro atoms. The van der Waals surface area contributed by atoms with Crippen LogP contribution in [0.2, 0.25) is 0 Å². The van der Waals surface area contributed by atoms with Crippen LogP contribution in [0.1, 0.15) is 19.8 Å². The van der Waals surface area contributed by atoms with Crippen LogP contribution in [-0.2, 0) is 0 Å². The topological polar surface area (TPSA) is 15.3 Å². The Morgan fingerprint density at radius 2 is 2.06 bits per heavy atom. The van der Waals surface area contributed by atoms with Crippen LogP contribution in [0.4, 0.5) is 5.69 Å². The fourth-order valence-corrected chi connectivity index (χ4v) is 2.01. The molecule has 2 rings (SSSR count). The predicted octanol–water partition coefficient (Wildman–Crippen LogP) is 3.12.